The number of nitrogens with one attached hydrogen (secondary N) is 1. The van der Waals surface area contributed by atoms with Gasteiger partial charge >= 0.3 is 0 Å². The zero-order valence-electron chi connectivity index (χ0n) is 7.92. The summed E-state index contributed by atoms with van der Waals surface area (Å²) < 4.78 is 11.6. The average molecular weight is 258 g/mol. The maximum Gasteiger partial charge on any atom is 0.133 e. The molecular weight excluding hydrogens is 246 g/mol. The standard InChI is InChI=1S/C10H12BrNO2/c1-13-9-3-2-7(4-8(9)11)10-5-12-6-14-10/h2-4,10,12H,5-6H2,1H3. The van der Waals surface area contributed by atoms with Crippen LogP contribution in [-0.2, 0) is 4.74 Å². The minimum Gasteiger partial charge on any atom is -0.496 e. The summed E-state index contributed by atoms with van der Waals surface area (Å²) in [6, 6.07) is 6.01. The smallest absolute Gasteiger partial charge is 0.133 e. The number of benzene rings is 1. The summed E-state index contributed by atoms with van der Waals surface area (Å²) in [6.45, 7) is 1.51. The van der Waals surface area contributed by atoms with E-state index in [2.05, 4.69) is 21.2 Å². The van der Waals surface area contributed by atoms with Crippen molar-refractivity contribution in [2.75, 3.05) is 20.4 Å². The fourth-order valence-corrected chi connectivity index (χ4v) is 2.06. The van der Waals surface area contributed by atoms with Gasteiger partial charge in [-0.05, 0) is 33.6 Å². The van der Waals surface area contributed by atoms with E-state index in [-0.39, 0.29) is 6.10 Å². The van der Waals surface area contributed by atoms with Crippen LogP contribution in [-0.4, -0.2) is 20.4 Å². The van der Waals surface area contributed by atoms with E-state index in [0.717, 1.165) is 16.8 Å². The average Bonchev–Trinajstić information content (AvgIpc) is 2.70. The molecule has 1 fully saturated rings. The lowest BCUT2D eigenvalue weighted by Gasteiger charge is -2.10. The molecule has 0 bridgehead atoms. The molecular formula is C10H12BrNO2. The Labute approximate surface area is 91.5 Å². The molecule has 0 amide bonds. The number of hydrogen-bond donors (Lipinski definition) is 1. The van der Waals surface area contributed by atoms with Crippen molar-refractivity contribution in [3.05, 3.63) is 28.2 Å². The molecule has 1 aromatic rings. The SMILES string of the molecule is COc1ccc(C2CNCO2)cc1Br. The fraction of sp³-hybridized carbons (Fsp3) is 0.400. The number of rotatable bonds is 2. The van der Waals surface area contributed by atoms with Gasteiger partial charge in [-0.1, -0.05) is 6.07 Å². The van der Waals surface area contributed by atoms with Crippen molar-refractivity contribution in [3.8, 4) is 5.75 Å². The first-order valence-electron chi connectivity index (χ1n) is 4.47. The maximum absolute atomic E-state index is 5.49. The van der Waals surface area contributed by atoms with Crippen molar-refractivity contribution >= 4 is 15.9 Å². The summed E-state index contributed by atoms with van der Waals surface area (Å²) in [4.78, 5) is 0. The van der Waals surface area contributed by atoms with Crippen LogP contribution in [0.1, 0.15) is 11.7 Å². The van der Waals surface area contributed by atoms with E-state index < -0.39 is 0 Å². The van der Waals surface area contributed by atoms with Crippen LogP contribution < -0.4 is 10.1 Å². The Bertz CT molecular complexity index is 324. The van der Waals surface area contributed by atoms with Crippen molar-refractivity contribution in [1.82, 2.24) is 5.32 Å². The lowest BCUT2D eigenvalue weighted by atomic mass is 10.1. The van der Waals surface area contributed by atoms with Crippen LogP contribution in [0.25, 0.3) is 0 Å². The van der Waals surface area contributed by atoms with Crippen molar-refractivity contribution in [2.45, 2.75) is 6.10 Å². The predicted octanol–water partition coefficient (Wildman–Crippen LogP) is 2.08. The van der Waals surface area contributed by atoms with Gasteiger partial charge in [-0.3, -0.25) is 5.32 Å². The van der Waals surface area contributed by atoms with Gasteiger partial charge in [0.2, 0.25) is 0 Å². The zero-order valence-corrected chi connectivity index (χ0v) is 9.50. The van der Waals surface area contributed by atoms with Crippen LogP contribution in [0, 0.1) is 0 Å². The van der Waals surface area contributed by atoms with Crippen LogP contribution in [0.4, 0.5) is 0 Å². The lowest BCUT2D eigenvalue weighted by Crippen LogP contribution is -2.07. The predicted molar refractivity (Wildman–Crippen MR) is 57.4 cm³/mol. The topological polar surface area (TPSA) is 30.5 Å². The summed E-state index contributed by atoms with van der Waals surface area (Å²) >= 11 is 3.45. The molecule has 1 aliphatic rings. The molecule has 0 aromatic heterocycles. The molecule has 4 heteroatoms. The molecule has 0 aliphatic carbocycles. The molecule has 14 heavy (non-hydrogen) atoms. The van der Waals surface area contributed by atoms with Crippen molar-refractivity contribution in [2.24, 2.45) is 0 Å². The first-order valence-corrected chi connectivity index (χ1v) is 5.26. The third kappa shape index (κ3) is 1.92. The Morgan fingerprint density at radius 3 is 3.00 bits per heavy atom. The van der Waals surface area contributed by atoms with Gasteiger partial charge in [-0.15, -0.1) is 0 Å². The summed E-state index contributed by atoms with van der Waals surface area (Å²) in [5.41, 5.74) is 1.17. The fourth-order valence-electron chi connectivity index (χ4n) is 1.51. The molecule has 1 unspecified atom stereocenters. The monoisotopic (exact) mass is 257 g/mol. The summed E-state index contributed by atoms with van der Waals surface area (Å²) in [5, 5.41) is 3.15. The summed E-state index contributed by atoms with van der Waals surface area (Å²) in [7, 11) is 1.66. The van der Waals surface area contributed by atoms with Gasteiger partial charge in [0.05, 0.1) is 24.4 Å². The largest absolute Gasteiger partial charge is 0.496 e. The van der Waals surface area contributed by atoms with Gasteiger partial charge in [0, 0.05) is 6.54 Å². The lowest BCUT2D eigenvalue weighted by molar-refractivity contribution is 0.114. The number of ether oxygens (including phenoxy) is 2. The highest BCUT2D eigenvalue weighted by Crippen LogP contribution is 2.29. The molecule has 1 saturated heterocycles. The van der Waals surface area contributed by atoms with Gasteiger partial charge < -0.3 is 9.47 Å². The van der Waals surface area contributed by atoms with E-state index >= 15 is 0 Å². The number of halogens is 1. The molecule has 3 nitrogen and oxygen atoms in total. The molecule has 0 spiro atoms. The second-order valence-electron chi connectivity index (χ2n) is 3.15. The van der Waals surface area contributed by atoms with Crippen LogP contribution >= 0.6 is 15.9 Å². The Morgan fingerprint density at radius 1 is 1.57 bits per heavy atom. The minimum absolute atomic E-state index is 0.164. The zero-order chi connectivity index (χ0) is 9.97. The van der Waals surface area contributed by atoms with Gasteiger partial charge in [0.25, 0.3) is 0 Å². The second kappa shape index (κ2) is 4.29. The molecule has 76 valence electrons. The second-order valence-corrected chi connectivity index (χ2v) is 4.00. The van der Waals surface area contributed by atoms with Crippen molar-refractivity contribution < 1.29 is 9.47 Å². The molecule has 1 atom stereocenters. The third-order valence-electron chi connectivity index (χ3n) is 2.26. The van der Waals surface area contributed by atoms with Gasteiger partial charge in [0.15, 0.2) is 0 Å². The molecule has 1 aromatic carbocycles. The minimum atomic E-state index is 0.164. The Hall–Kier alpha value is -0.580. The first kappa shape index (κ1) is 9.96. The molecule has 1 N–H and O–H groups in total. The summed E-state index contributed by atoms with van der Waals surface area (Å²) in [6.07, 6.45) is 0.164. The highest BCUT2D eigenvalue weighted by Gasteiger charge is 2.17. The van der Waals surface area contributed by atoms with Crippen LogP contribution in [0.5, 0.6) is 5.75 Å². The van der Waals surface area contributed by atoms with E-state index in [1.165, 1.54) is 5.56 Å². The quantitative estimate of drug-likeness (QED) is 0.880. The maximum atomic E-state index is 5.49. The van der Waals surface area contributed by atoms with Gasteiger partial charge in [-0.25, -0.2) is 0 Å². The Balaban J connectivity index is 2.23. The normalized spacial score (nSPS) is 21.1. The van der Waals surface area contributed by atoms with Crippen molar-refractivity contribution in [1.29, 1.82) is 0 Å². The Morgan fingerprint density at radius 2 is 2.43 bits per heavy atom. The van der Waals surface area contributed by atoms with Crippen LogP contribution in [0.2, 0.25) is 0 Å². The highest BCUT2D eigenvalue weighted by atomic mass is 79.9. The van der Waals surface area contributed by atoms with E-state index in [1.54, 1.807) is 7.11 Å². The number of methoxy groups -OCH3 is 1. The molecule has 1 aliphatic heterocycles. The summed E-state index contributed by atoms with van der Waals surface area (Å²) in [5.74, 6) is 0.847. The Kier molecular flexibility index (Phi) is 3.05. The number of hydrogen-bond acceptors (Lipinski definition) is 3. The van der Waals surface area contributed by atoms with E-state index in [4.69, 9.17) is 9.47 Å². The van der Waals surface area contributed by atoms with E-state index in [9.17, 15) is 0 Å². The first-order chi connectivity index (χ1) is 6.81. The van der Waals surface area contributed by atoms with Gasteiger partial charge in [-0.2, -0.15) is 0 Å². The van der Waals surface area contributed by atoms with Gasteiger partial charge in [0.1, 0.15) is 5.75 Å². The third-order valence-corrected chi connectivity index (χ3v) is 2.88. The van der Waals surface area contributed by atoms with Crippen LogP contribution in [0.3, 0.4) is 0 Å². The van der Waals surface area contributed by atoms with E-state index in [0.29, 0.717) is 6.73 Å². The molecule has 0 radical (unpaired) electrons. The van der Waals surface area contributed by atoms with E-state index in [1.807, 2.05) is 18.2 Å². The highest BCUT2D eigenvalue weighted by molar-refractivity contribution is 9.10. The molecule has 1 heterocycles. The van der Waals surface area contributed by atoms with Crippen molar-refractivity contribution in [3.63, 3.8) is 0 Å². The van der Waals surface area contributed by atoms with Crippen LogP contribution in [0.15, 0.2) is 22.7 Å². The molecule has 2 rings (SSSR count). The molecule has 0 saturated carbocycles.